The summed E-state index contributed by atoms with van der Waals surface area (Å²) in [5.74, 6) is 0.800. The molecule has 78 valence electrons. The zero-order valence-corrected chi connectivity index (χ0v) is 9.03. The topological polar surface area (TPSA) is 29.5 Å². The largest absolute Gasteiger partial charge is 0.488 e. The maximum atomic E-state index is 9.93. The van der Waals surface area contributed by atoms with E-state index < -0.39 is 5.60 Å². The minimum Gasteiger partial charge on any atom is -0.488 e. The van der Waals surface area contributed by atoms with Crippen LogP contribution >= 0.6 is 0 Å². The van der Waals surface area contributed by atoms with E-state index in [9.17, 15) is 5.11 Å². The summed E-state index contributed by atoms with van der Waals surface area (Å²) in [6.45, 7) is 5.63. The third kappa shape index (κ3) is 2.74. The van der Waals surface area contributed by atoms with Crippen molar-refractivity contribution >= 4 is 0 Å². The predicted octanol–water partition coefficient (Wildman–Crippen LogP) is 2.61. The van der Waals surface area contributed by atoms with Gasteiger partial charge >= 0.3 is 0 Å². The van der Waals surface area contributed by atoms with E-state index in [0.29, 0.717) is 6.42 Å². The van der Waals surface area contributed by atoms with E-state index in [4.69, 9.17) is 4.74 Å². The van der Waals surface area contributed by atoms with Gasteiger partial charge in [0.05, 0.1) is 5.60 Å². The van der Waals surface area contributed by atoms with Crippen LogP contribution in [0.15, 0.2) is 30.3 Å². The van der Waals surface area contributed by atoms with Crippen LogP contribution in [0, 0.1) is 0 Å². The summed E-state index contributed by atoms with van der Waals surface area (Å²) in [6.07, 6.45) is 0.482. The quantitative estimate of drug-likeness (QED) is 0.798. The van der Waals surface area contributed by atoms with Gasteiger partial charge in [-0.2, -0.15) is 0 Å². The standard InChI is InChI=1S/C12H18O2/c1-4-12(3,13)10(2)14-11-8-6-5-7-9-11/h5-10,13H,4H2,1-3H3. The minimum atomic E-state index is -0.768. The number of rotatable bonds is 4. The number of hydrogen-bond donors (Lipinski definition) is 1. The summed E-state index contributed by atoms with van der Waals surface area (Å²) in [5.41, 5.74) is -0.768. The second kappa shape index (κ2) is 4.47. The Hall–Kier alpha value is -1.02. The van der Waals surface area contributed by atoms with Gasteiger partial charge in [-0.15, -0.1) is 0 Å². The van der Waals surface area contributed by atoms with E-state index >= 15 is 0 Å². The SMILES string of the molecule is CCC(C)(O)C(C)Oc1ccccc1. The summed E-state index contributed by atoms with van der Waals surface area (Å²) in [4.78, 5) is 0. The van der Waals surface area contributed by atoms with Crippen molar-refractivity contribution in [3.63, 3.8) is 0 Å². The third-order valence-corrected chi connectivity index (χ3v) is 2.65. The molecule has 1 aromatic rings. The van der Waals surface area contributed by atoms with Gasteiger partial charge in [0.15, 0.2) is 0 Å². The van der Waals surface area contributed by atoms with Crippen molar-refractivity contribution in [3.8, 4) is 5.75 Å². The molecule has 0 aliphatic rings. The molecule has 1 rings (SSSR count). The molecule has 2 nitrogen and oxygen atoms in total. The van der Waals surface area contributed by atoms with Gasteiger partial charge in [-0.05, 0) is 32.4 Å². The molecule has 0 spiro atoms. The van der Waals surface area contributed by atoms with Gasteiger partial charge in [-0.1, -0.05) is 25.1 Å². The fourth-order valence-corrected chi connectivity index (χ4v) is 1.12. The molecule has 0 bridgehead atoms. The first kappa shape index (κ1) is 11.1. The van der Waals surface area contributed by atoms with Crippen molar-refractivity contribution < 1.29 is 9.84 Å². The Morgan fingerprint density at radius 3 is 2.43 bits per heavy atom. The first-order valence-electron chi connectivity index (χ1n) is 5.00. The van der Waals surface area contributed by atoms with Crippen molar-refractivity contribution in [1.82, 2.24) is 0 Å². The normalized spacial score (nSPS) is 17.1. The van der Waals surface area contributed by atoms with E-state index in [1.807, 2.05) is 44.2 Å². The second-order valence-corrected chi connectivity index (χ2v) is 3.78. The molecular weight excluding hydrogens is 176 g/mol. The lowest BCUT2D eigenvalue weighted by Crippen LogP contribution is -2.40. The Balaban J connectivity index is 2.62. The lowest BCUT2D eigenvalue weighted by molar-refractivity contribution is -0.0415. The van der Waals surface area contributed by atoms with Crippen LogP contribution in [0.3, 0.4) is 0 Å². The molecule has 0 saturated heterocycles. The molecule has 14 heavy (non-hydrogen) atoms. The van der Waals surface area contributed by atoms with Crippen molar-refractivity contribution in [3.05, 3.63) is 30.3 Å². The van der Waals surface area contributed by atoms with Crippen LogP contribution in [0.4, 0.5) is 0 Å². The van der Waals surface area contributed by atoms with Gasteiger partial charge < -0.3 is 9.84 Å². The second-order valence-electron chi connectivity index (χ2n) is 3.78. The Morgan fingerprint density at radius 2 is 1.93 bits per heavy atom. The van der Waals surface area contributed by atoms with Gasteiger partial charge in [0, 0.05) is 0 Å². The Morgan fingerprint density at radius 1 is 1.36 bits per heavy atom. The van der Waals surface area contributed by atoms with Crippen LogP contribution in [0.5, 0.6) is 5.75 Å². The molecule has 2 unspecified atom stereocenters. The molecule has 2 atom stereocenters. The number of aliphatic hydroxyl groups is 1. The summed E-state index contributed by atoms with van der Waals surface area (Å²) >= 11 is 0. The molecule has 0 amide bonds. The highest BCUT2D eigenvalue weighted by Gasteiger charge is 2.27. The number of para-hydroxylation sites is 1. The zero-order valence-electron chi connectivity index (χ0n) is 9.03. The van der Waals surface area contributed by atoms with Crippen molar-refractivity contribution in [2.45, 2.75) is 38.9 Å². The summed E-state index contributed by atoms with van der Waals surface area (Å²) in [6, 6.07) is 9.56. The molecule has 0 fully saturated rings. The first-order chi connectivity index (χ1) is 6.56. The summed E-state index contributed by atoms with van der Waals surface area (Å²) < 4.78 is 5.62. The zero-order chi connectivity index (χ0) is 10.6. The molecule has 0 aliphatic heterocycles. The van der Waals surface area contributed by atoms with Gasteiger partial charge in [0.1, 0.15) is 11.9 Å². The molecule has 1 aromatic carbocycles. The Bertz CT molecular complexity index is 267. The smallest absolute Gasteiger partial charge is 0.124 e. The average Bonchev–Trinajstić information content (AvgIpc) is 2.19. The Kier molecular flexibility index (Phi) is 3.53. The lowest BCUT2D eigenvalue weighted by Gasteiger charge is -2.29. The molecule has 0 radical (unpaired) electrons. The highest BCUT2D eigenvalue weighted by atomic mass is 16.5. The van der Waals surface area contributed by atoms with E-state index in [-0.39, 0.29) is 6.10 Å². The summed E-state index contributed by atoms with van der Waals surface area (Å²) in [7, 11) is 0. The monoisotopic (exact) mass is 194 g/mol. The number of ether oxygens (including phenoxy) is 1. The van der Waals surface area contributed by atoms with E-state index in [1.54, 1.807) is 6.92 Å². The van der Waals surface area contributed by atoms with Crippen LogP contribution in [0.2, 0.25) is 0 Å². The third-order valence-electron chi connectivity index (χ3n) is 2.65. The van der Waals surface area contributed by atoms with Crippen LogP contribution in [-0.2, 0) is 0 Å². The van der Waals surface area contributed by atoms with Crippen molar-refractivity contribution in [2.24, 2.45) is 0 Å². The maximum absolute atomic E-state index is 9.93. The highest BCUT2D eigenvalue weighted by Crippen LogP contribution is 2.20. The highest BCUT2D eigenvalue weighted by molar-refractivity contribution is 5.21. The van der Waals surface area contributed by atoms with Crippen LogP contribution < -0.4 is 4.74 Å². The molecular formula is C12H18O2. The van der Waals surface area contributed by atoms with Crippen molar-refractivity contribution in [2.75, 3.05) is 0 Å². The van der Waals surface area contributed by atoms with E-state index in [2.05, 4.69) is 0 Å². The first-order valence-corrected chi connectivity index (χ1v) is 5.00. The predicted molar refractivity (Wildman–Crippen MR) is 57.4 cm³/mol. The van der Waals surface area contributed by atoms with Gasteiger partial charge in [0.2, 0.25) is 0 Å². The molecule has 0 saturated carbocycles. The fourth-order valence-electron chi connectivity index (χ4n) is 1.12. The summed E-state index contributed by atoms with van der Waals surface area (Å²) in [5, 5.41) is 9.93. The average molecular weight is 194 g/mol. The van der Waals surface area contributed by atoms with Crippen molar-refractivity contribution in [1.29, 1.82) is 0 Å². The van der Waals surface area contributed by atoms with E-state index in [1.165, 1.54) is 0 Å². The van der Waals surface area contributed by atoms with Gasteiger partial charge in [0.25, 0.3) is 0 Å². The fraction of sp³-hybridized carbons (Fsp3) is 0.500. The molecule has 2 heteroatoms. The molecule has 1 N–H and O–H groups in total. The number of benzene rings is 1. The van der Waals surface area contributed by atoms with E-state index in [0.717, 1.165) is 5.75 Å². The lowest BCUT2D eigenvalue weighted by atomic mass is 9.97. The minimum absolute atomic E-state index is 0.199. The van der Waals surface area contributed by atoms with Gasteiger partial charge in [-0.3, -0.25) is 0 Å². The number of hydrogen-bond acceptors (Lipinski definition) is 2. The Labute approximate surface area is 85.5 Å². The maximum Gasteiger partial charge on any atom is 0.124 e. The van der Waals surface area contributed by atoms with Crippen LogP contribution in [0.25, 0.3) is 0 Å². The van der Waals surface area contributed by atoms with Gasteiger partial charge in [-0.25, -0.2) is 0 Å². The molecule has 0 aromatic heterocycles. The van der Waals surface area contributed by atoms with Crippen LogP contribution in [0.1, 0.15) is 27.2 Å². The molecule has 0 aliphatic carbocycles. The molecule has 0 heterocycles. The van der Waals surface area contributed by atoms with Crippen LogP contribution in [-0.4, -0.2) is 16.8 Å².